The van der Waals surface area contributed by atoms with Crippen molar-refractivity contribution in [1.29, 1.82) is 0 Å². The van der Waals surface area contributed by atoms with Gasteiger partial charge in [-0.25, -0.2) is 4.79 Å². The number of benzene rings is 3. The minimum absolute atomic E-state index is 0.221. The van der Waals surface area contributed by atoms with E-state index in [2.05, 4.69) is 29.2 Å². The monoisotopic (exact) mass is 388 g/mol. The molecule has 0 bridgehead atoms. The average molecular weight is 389 g/mol. The van der Waals surface area contributed by atoms with Crippen LogP contribution >= 0.6 is 0 Å². The Hall–Kier alpha value is -2.59. The van der Waals surface area contributed by atoms with E-state index in [9.17, 15) is 4.79 Å². The van der Waals surface area contributed by atoms with Gasteiger partial charge >= 0.3 is 6.09 Å². The number of piperidine rings is 2. The highest BCUT2D eigenvalue weighted by Crippen LogP contribution is 2.29. The van der Waals surface area contributed by atoms with E-state index in [1.165, 1.54) is 43.1 Å². The molecule has 2 aliphatic rings. The smallest absolute Gasteiger partial charge is 0.410 e. The molecular weight excluding hydrogens is 360 g/mol. The Morgan fingerprint density at radius 1 is 0.793 bits per heavy atom. The first-order valence-electron chi connectivity index (χ1n) is 10.9. The number of fused-ring (bicyclic) bond motifs is 3. The Balaban J connectivity index is 1.27. The fourth-order valence-electron chi connectivity index (χ4n) is 4.91. The summed E-state index contributed by atoms with van der Waals surface area (Å²) in [5.74, 6) is 0.622. The van der Waals surface area contributed by atoms with Crippen LogP contribution in [0, 0.1) is 0 Å². The number of amides is 1. The van der Waals surface area contributed by atoms with Crippen LogP contribution in [0.25, 0.3) is 21.5 Å². The summed E-state index contributed by atoms with van der Waals surface area (Å²) in [6.45, 7) is 4.02. The van der Waals surface area contributed by atoms with Gasteiger partial charge in [-0.05, 0) is 72.5 Å². The summed E-state index contributed by atoms with van der Waals surface area (Å²) in [5, 5.41) is 4.66. The summed E-state index contributed by atoms with van der Waals surface area (Å²) >= 11 is 0. The minimum atomic E-state index is -0.221. The topological polar surface area (TPSA) is 32.8 Å². The van der Waals surface area contributed by atoms with Crippen molar-refractivity contribution in [2.24, 2.45) is 0 Å². The second-order valence-corrected chi connectivity index (χ2v) is 8.35. The van der Waals surface area contributed by atoms with Gasteiger partial charge in [-0.15, -0.1) is 0 Å². The minimum Gasteiger partial charge on any atom is -0.410 e. The van der Waals surface area contributed by atoms with E-state index >= 15 is 0 Å². The zero-order valence-corrected chi connectivity index (χ0v) is 16.8. The van der Waals surface area contributed by atoms with Crippen LogP contribution in [0.5, 0.6) is 5.75 Å². The van der Waals surface area contributed by atoms with Crippen molar-refractivity contribution in [3.05, 3.63) is 54.6 Å². The summed E-state index contributed by atoms with van der Waals surface area (Å²) in [7, 11) is 0. The molecule has 0 N–H and O–H groups in total. The summed E-state index contributed by atoms with van der Waals surface area (Å²) in [5.41, 5.74) is 0. The van der Waals surface area contributed by atoms with Crippen molar-refractivity contribution >= 4 is 27.6 Å². The van der Waals surface area contributed by atoms with Gasteiger partial charge < -0.3 is 14.5 Å². The van der Waals surface area contributed by atoms with Gasteiger partial charge in [0, 0.05) is 19.1 Å². The molecule has 0 radical (unpaired) electrons. The third-order valence-corrected chi connectivity index (χ3v) is 6.55. The van der Waals surface area contributed by atoms with Gasteiger partial charge in [-0.2, -0.15) is 0 Å². The molecule has 4 nitrogen and oxygen atoms in total. The van der Waals surface area contributed by atoms with Crippen molar-refractivity contribution in [2.75, 3.05) is 26.2 Å². The lowest BCUT2D eigenvalue weighted by molar-refractivity contribution is 0.0878. The number of carbonyl (C=O) groups excluding carboxylic acids is 1. The maximum atomic E-state index is 12.7. The highest BCUT2D eigenvalue weighted by atomic mass is 16.6. The molecule has 5 rings (SSSR count). The van der Waals surface area contributed by atoms with Crippen molar-refractivity contribution < 1.29 is 9.53 Å². The molecule has 0 aromatic heterocycles. The number of nitrogens with zero attached hydrogens (tertiary/aromatic N) is 2. The normalized spacial score (nSPS) is 19.0. The predicted octanol–water partition coefficient (Wildman–Crippen LogP) is 5.44. The number of hydrogen-bond acceptors (Lipinski definition) is 3. The number of ether oxygens (including phenoxy) is 1. The SMILES string of the molecule is O=C(Oc1ccc2ccc3ccccc3c2c1)N1CCC(N2CCCCC2)CC1. The Labute approximate surface area is 172 Å². The fraction of sp³-hybridized carbons (Fsp3) is 0.400. The lowest BCUT2D eigenvalue weighted by Crippen LogP contribution is -2.48. The average Bonchev–Trinajstić information content (AvgIpc) is 2.79. The molecule has 29 heavy (non-hydrogen) atoms. The molecule has 3 aromatic rings. The van der Waals surface area contributed by atoms with Gasteiger partial charge in [-0.3, -0.25) is 0 Å². The second kappa shape index (κ2) is 8.03. The van der Waals surface area contributed by atoms with Crippen LogP contribution in [-0.4, -0.2) is 48.1 Å². The molecular formula is C25H28N2O2. The molecule has 0 aliphatic carbocycles. The van der Waals surface area contributed by atoms with Gasteiger partial charge in [-0.1, -0.05) is 48.9 Å². The lowest BCUT2D eigenvalue weighted by atomic mass is 10.0. The van der Waals surface area contributed by atoms with Crippen LogP contribution in [0.15, 0.2) is 54.6 Å². The molecule has 4 heteroatoms. The van der Waals surface area contributed by atoms with Gasteiger partial charge in [0.05, 0.1) is 0 Å². The Morgan fingerprint density at radius 2 is 1.48 bits per heavy atom. The number of hydrogen-bond donors (Lipinski definition) is 0. The van der Waals surface area contributed by atoms with Crippen LogP contribution in [0.2, 0.25) is 0 Å². The number of carbonyl (C=O) groups is 1. The maximum absolute atomic E-state index is 12.7. The highest BCUT2D eigenvalue weighted by molar-refractivity contribution is 6.07. The third-order valence-electron chi connectivity index (χ3n) is 6.55. The van der Waals surface area contributed by atoms with Gasteiger partial charge in [0.2, 0.25) is 0 Å². The molecule has 2 fully saturated rings. The molecule has 0 saturated carbocycles. The van der Waals surface area contributed by atoms with Crippen LogP contribution in [0.1, 0.15) is 32.1 Å². The molecule has 150 valence electrons. The number of rotatable bonds is 2. The highest BCUT2D eigenvalue weighted by Gasteiger charge is 2.28. The Morgan fingerprint density at radius 3 is 2.28 bits per heavy atom. The summed E-state index contributed by atoms with van der Waals surface area (Å²) in [6, 6.07) is 19.1. The zero-order valence-electron chi connectivity index (χ0n) is 16.8. The molecule has 0 unspecified atom stereocenters. The molecule has 2 saturated heterocycles. The molecule has 2 aliphatic heterocycles. The van der Waals surface area contributed by atoms with Crippen molar-refractivity contribution in [2.45, 2.75) is 38.1 Å². The molecule has 0 atom stereocenters. The maximum Gasteiger partial charge on any atom is 0.415 e. The van der Waals surface area contributed by atoms with Crippen molar-refractivity contribution in [3.63, 3.8) is 0 Å². The standard InChI is InChI=1S/C25H28N2O2/c28-25(27-16-12-21(13-17-27)26-14-4-1-5-15-26)29-22-11-10-20-9-8-19-6-2-3-7-23(19)24(20)18-22/h2-3,6-11,18,21H,1,4-5,12-17H2. The van der Waals surface area contributed by atoms with E-state index in [1.807, 2.05) is 35.2 Å². The third kappa shape index (κ3) is 3.82. The van der Waals surface area contributed by atoms with Crippen LogP contribution in [0.4, 0.5) is 4.79 Å². The Kier molecular flexibility index (Phi) is 5.11. The Bertz CT molecular complexity index is 1020. The van der Waals surface area contributed by atoms with Crippen molar-refractivity contribution in [3.8, 4) is 5.75 Å². The molecule has 1 amide bonds. The van der Waals surface area contributed by atoms with Crippen molar-refractivity contribution in [1.82, 2.24) is 9.80 Å². The number of likely N-dealkylation sites (tertiary alicyclic amines) is 2. The lowest BCUT2D eigenvalue weighted by Gasteiger charge is -2.39. The van der Waals surface area contributed by atoms with E-state index in [0.717, 1.165) is 36.7 Å². The predicted molar refractivity (Wildman–Crippen MR) is 117 cm³/mol. The van der Waals surface area contributed by atoms with E-state index in [4.69, 9.17) is 4.74 Å². The van der Waals surface area contributed by atoms with Crippen LogP contribution in [0.3, 0.4) is 0 Å². The van der Waals surface area contributed by atoms with E-state index in [1.54, 1.807) is 0 Å². The van der Waals surface area contributed by atoms with E-state index in [-0.39, 0.29) is 6.09 Å². The van der Waals surface area contributed by atoms with E-state index < -0.39 is 0 Å². The quantitative estimate of drug-likeness (QED) is 0.548. The first-order chi connectivity index (χ1) is 14.3. The van der Waals surface area contributed by atoms with E-state index in [0.29, 0.717) is 11.8 Å². The van der Waals surface area contributed by atoms with Crippen LogP contribution in [-0.2, 0) is 0 Å². The zero-order chi connectivity index (χ0) is 19.6. The molecule has 2 heterocycles. The molecule has 3 aromatic carbocycles. The van der Waals surface area contributed by atoms with Gasteiger partial charge in [0.1, 0.15) is 5.75 Å². The van der Waals surface area contributed by atoms with Gasteiger partial charge in [0.25, 0.3) is 0 Å². The molecule has 0 spiro atoms. The summed E-state index contributed by atoms with van der Waals surface area (Å²) in [6.07, 6.45) is 5.89. The van der Waals surface area contributed by atoms with Gasteiger partial charge in [0.15, 0.2) is 0 Å². The van der Waals surface area contributed by atoms with Crippen LogP contribution < -0.4 is 4.74 Å². The fourth-order valence-corrected chi connectivity index (χ4v) is 4.91. The largest absolute Gasteiger partial charge is 0.415 e. The second-order valence-electron chi connectivity index (χ2n) is 8.35. The first kappa shape index (κ1) is 18.4. The summed E-state index contributed by atoms with van der Waals surface area (Å²) < 4.78 is 5.76. The first-order valence-corrected chi connectivity index (χ1v) is 10.9. The summed E-state index contributed by atoms with van der Waals surface area (Å²) in [4.78, 5) is 17.2.